The number of aromatic carboxylic acids is 1. The number of halogens is 2. The molecular weight excluding hydrogens is 737 g/mol. The zero-order valence-corrected chi connectivity index (χ0v) is 29.9. The normalized spacial score (nSPS) is 25.9. The molecule has 1 saturated carbocycles. The van der Waals surface area contributed by atoms with Crippen molar-refractivity contribution in [3.05, 3.63) is 123 Å². The number of hydrazine groups is 1. The summed E-state index contributed by atoms with van der Waals surface area (Å²) in [5.74, 6) is -8.07. The van der Waals surface area contributed by atoms with Crippen molar-refractivity contribution in [2.45, 2.75) is 24.2 Å². The van der Waals surface area contributed by atoms with Gasteiger partial charge in [-0.15, -0.1) is 0 Å². The van der Waals surface area contributed by atoms with Crippen molar-refractivity contribution in [2.24, 2.45) is 23.7 Å². The summed E-state index contributed by atoms with van der Waals surface area (Å²) in [6, 6.07) is 21.3. The molecule has 3 fully saturated rings. The summed E-state index contributed by atoms with van der Waals surface area (Å²) in [4.78, 5) is 71.2. The number of carbonyl (C=O) groups is 5. The lowest BCUT2D eigenvalue weighted by Gasteiger charge is -2.50. The Kier molecular flexibility index (Phi) is 8.42. The van der Waals surface area contributed by atoms with Crippen molar-refractivity contribution >= 4 is 64.2 Å². The molecule has 0 aromatic heterocycles. The van der Waals surface area contributed by atoms with Crippen LogP contribution in [0.4, 0.5) is 11.4 Å². The predicted molar refractivity (Wildman–Crippen MR) is 196 cm³/mol. The fourth-order valence-corrected chi connectivity index (χ4v) is 9.43. The van der Waals surface area contributed by atoms with Crippen LogP contribution >= 0.6 is 23.2 Å². The Morgan fingerprint density at radius 2 is 1.59 bits per heavy atom. The highest BCUT2D eigenvalue weighted by Crippen LogP contribution is 2.64. The highest BCUT2D eigenvalue weighted by molar-refractivity contribution is 6.36. The number of aromatic hydroxyl groups is 2. The van der Waals surface area contributed by atoms with Crippen LogP contribution in [0.3, 0.4) is 0 Å². The van der Waals surface area contributed by atoms with Crippen molar-refractivity contribution in [3.63, 3.8) is 0 Å². The number of phenolic OH excluding ortho intramolecular Hbond substituents is 1. The van der Waals surface area contributed by atoms with Gasteiger partial charge in [0.05, 0.1) is 46.7 Å². The van der Waals surface area contributed by atoms with Crippen molar-refractivity contribution in [3.8, 4) is 17.2 Å². The van der Waals surface area contributed by atoms with E-state index in [1.807, 2.05) is 6.08 Å². The van der Waals surface area contributed by atoms with Gasteiger partial charge in [0.1, 0.15) is 22.8 Å². The van der Waals surface area contributed by atoms with E-state index in [1.165, 1.54) is 31.4 Å². The molecule has 12 nitrogen and oxygen atoms in total. The van der Waals surface area contributed by atoms with Gasteiger partial charge in [-0.05, 0) is 84.5 Å². The molecule has 4 aliphatic rings. The van der Waals surface area contributed by atoms with E-state index in [1.54, 1.807) is 48.5 Å². The minimum atomic E-state index is -1.58. The van der Waals surface area contributed by atoms with Gasteiger partial charge in [-0.1, -0.05) is 59.1 Å². The van der Waals surface area contributed by atoms with E-state index in [9.17, 15) is 34.5 Å². The van der Waals surface area contributed by atoms with Gasteiger partial charge in [0.2, 0.25) is 11.8 Å². The maximum absolute atomic E-state index is 15.3. The molecule has 0 spiro atoms. The van der Waals surface area contributed by atoms with Gasteiger partial charge in [-0.2, -0.15) is 5.01 Å². The van der Waals surface area contributed by atoms with Crippen LogP contribution in [-0.2, 0) is 24.6 Å². The smallest absolute Gasteiger partial charge is 0.339 e. The number of hydrogen-bond acceptors (Lipinski definition) is 9. The van der Waals surface area contributed by atoms with Crippen molar-refractivity contribution in [1.29, 1.82) is 0 Å². The predicted octanol–water partition coefficient (Wildman–Crippen LogP) is 6.30. The van der Waals surface area contributed by atoms with Crippen LogP contribution in [0.15, 0.2) is 96.6 Å². The fourth-order valence-electron chi connectivity index (χ4n) is 8.98. The second kappa shape index (κ2) is 12.9. The first-order valence-electron chi connectivity index (χ1n) is 17.0. The number of ether oxygens (including phenoxy) is 1. The number of carbonyl (C=O) groups excluding carboxylic acids is 4. The van der Waals surface area contributed by atoms with Gasteiger partial charge in [0, 0.05) is 17.0 Å². The molecule has 4 N–H and O–H groups in total. The summed E-state index contributed by atoms with van der Waals surface area (Å²) < 4.78 is 5.43. The number of benzene rings is 4. The number of anilines is 2. The van der Waals surface area contributed by atoms with E-state index < -0.39 is 70.4 Å². The lowest BCUT2D eigenvalue weighted by molar-refractivity contribution is -0.138. The number of phenols is 2. The van der Waals surface area contributed by atoms with E-state index in [4.69, 9.17) is 27.9 Å². The molecule has 6 unspecified atom stereocenters. The monoisotopic (exact) mass is 767 g/mol. The Hall–Kier alpha value is -5.85. The van der Waals surface area contributed by atoms with E-state index >= 15 is 4.79 Å². The average molecular weight is 769 g/mol. The third kappa shape index (κ3) is 5.15. The van der Waals surface area contributed by atoms with Gasteiger partial charge in [0.25, 0.3) is 11.8 Å². The maximum Gasteiger partial charge on any atom is 0.339 e. The standard InChI is InChI=1S/C40H31Cl2N3O9/c1-54-24-10-4-20(5-11-24)40-29(36(49)45(39(40)53)43-31-15-6-21(41)16-30(31)42)18-28-25(34(40)19-2-8-23(46)9-3-19)13-14-27-33(28)37(50)44(35(27)48)22-7-12-26(38(51)52)32(47)17-22/h2-13,15-17,27-29,33-34,43,46-47H,14,18H2,1H3,(H,51,52). The summed E-state index contributed by atoms with van der Waals surface area (Å²) in [5.41, 5.74) is 3.05. The molecule has 2 aliphatic carbocycles. The molecule has 4 amide bonds. The number of imide groups is 2. The zero-order chi connectivity index (χ0) is 38.2. The number of hydrogen-bond donors (Lipinski definition) is 4. The highest BCUT2D eigenvalue weighted by Gasteiger charge is 2.70. The van der Waals surface area contributed by atoms with Gasteiger partial charge in [-0.3, -0.25) is 24.6 Å². The Bertz CT molecular complexity index is 2310. The van der Waals surface area contributed by atoms with Crippen LogP contribution in [0.5, 0.6) is 17.2 Å². The number of carboxylic acid groups (broad SMARTS) is 1. The molecule has 14 heteroatoms. The zero-order valence-electron chi connectivity index (χ0n) is 28.4. The van der Waals surface area contributed by atoms with Gasteiger partial charge in [-0.25, -0.2) is 9.69 Å². The number of methoxy groups -OCH3 is 1. The lowest BCUT2D eigenvalue weighted by Crippen LogP contribution is -2.53. The van der Waals surface area contributed by atoms with Crippen LogP contribution in [0.2, 0.25) is 10.0 Å². The number of nitrogens with one attached hydrogen (secondary N) is 1. The van der Waals surface area contributed by atoms with Crippen molar-refractivity contribution in [2.75, 3.05) is 17.4 Å². The number of nitrogens with zero attached hydrogens (tertiary/aromatic N) is 2. The topological polar surface area (TPSA) is 174 Å². The Labute approximate surface area is 318 Å². The summed E-state index contributed by atoms with van der Waals surface area (Å²) in [5, 5.41) is 31.7. The third-order valence-electron chi connectivity index (χ3n) is 11.3. The highest BCUT2D eigenvalue weighted by atomic mass is 35.5. The van der Waals surface area contributed by atoms with E-state index in [0.29, 0.717) is 27.5 Å². The molecule has 6 atom stereocenters. The van der Waals surface area contributed by atoms with Gasteiger partial charge < -0.3 is 20.1 Å². The number of rotatable bonds is 7. The first-order chi connectivity index (χ1) is 25.9. The second-order valence-corrected chi connectivity index (χ2v) is 14.7. The van der Waals surface area contributed by atoms with Gasteiger partial charge >= 0.3 is 5.97 Å². The quantitative estimate of drug-likeness (QED) is 0.123. The SMILES string of the molecule is COc1ccc(C23C(=O)N(Nc4ccc(Cl)cc4Cl)C(=O)C2CC2C(=CCC4C(=O)N(c5ccc(C(=O)O)c(O)c5)C(=O)C42)C3c2ccc(O)cc2)cc1. The molecule has 2 saturated heterocycles. The Morgan fingerprint density at radius 3 is 2.24 bits per heavy atom. The van der Waals surface area contributed by atoms with Crippen molar-refractivity contribution < 1.29 is 44.0 Å². The third-order valence-corrected chi connectivity index (χ3v) is 11.8. The Morgan fingerprint density at radius 1 is 0.870 bits per heavy atom. The van der Waals surface area contributed by atoms with Crippen LogP contribution in [0.25, 0.3) is 0 Å². The number of carboxylic acids is 1. The van der Waals surface area contributed by atoms with Crippen LogP contribution in [0.1, 0.15) is 40.2 Å². The van der Waals surface area contributed by atoms with Crippen molar-refractivity contribution in [1.82, 2.24) is 5.01 Å². The molecule has 0 radical (unpaired) electrons. The number of allylic oxidation sites excluding steroid dienone is 2. The number of amides is 4. The lowest BCUT2D eigenvalue weighted by atomic mass is 9.49. The summed E-state index contributed by atoms with van der Waals surface area (Å²) in [6.07, 6.45) is 2.04. The summed E-state index contributed by atoms with van der Waals surface area (Å²) in [7, 11) is 1.51. The average Bonchev–Trinajstić information content (AvgIpc) is 3.53. The minimum absolute atomic E-state index is 0.0147. The van der Waals surface area contributed by atoms with Crippen LogP contribution in [-0.4, -0.2) is 57.0 Å². The number of fused-ring (bicyclic) bond motifs is 4. The fraction of sp³-hybridized carbons (Fsp3) is 0.225. The van der Waals surface area contributed by atoms with E-state index in [2.05, 4.69) is 5.43 Å². The molecule has 54 heavy (non-hydrogen) atoms. The minimum Gasteiger partial charge on any atom is -0.508 e. The van der Waals surface area contributed by atoms with Gasteiger partial charge in [0.15, 0.2) is 0 Å². The molecule has 8 rings (SSSR count). The van der Waals surface area contributed by atoms with E-state index in [-0.39, 0.29) is 40.6 Å². The first-order valence-corrected chi connectivity index (χ1v) is 17.8. The molecular formula is C40H31Cl2N3O9. The second-order valence-electron chi connectivity index (χ2n) is 13.8. The Balaban J connectivity index is 1.30. The molecule has 4 aromatic carbocycles. The molecule has 4 aromatic rings. The first kappa shape index (κ1) is 35.2. The largest absolute Gasteiger partial charge is 0.508 e. The molecule has 2 heterocycles. The maximum atomic E-state index is 15.3. The molecule has 2 aliphatic heterocycles. The summed E-state index contributed by atoms with van der Waals surface area (Å²) >= 11 is 12.7. The summed E-state index contributed by atoms with van der Waals surface area (Å²) in [6.45, 7) is 0. The van der Waals surface area contributed by atoms with Crippen LogP contribution in [0, 0.1) is 23.7 Å². The molecule has 0 bridgehead atoms. The van der Waals surface area contributed by atoms with Crippen LogP contribution < -0.4 is 15.1 Å². The van der Waals surface area contributed by atoms with E-state index in [0.717, 1.165) is 22.0 Å². The molecule has 274 valence electrons.